The Balaban J connectivity index is 1.20. The minimum atomic E-state index is -4.25. The number of nitrogens with zero attached hydrogens (tertiary/aromatic N) is 3. The van der Waals surface area contributed by atoms with E-state index in [-0.39, 0.29) is 28.4 Å². The zero-order chi connectivity index (χ0) is 26.6. The zero-order valence-corrected chi connectivity index (χ0v) is 21.6. The summed E-state index contributed by atoms with van der Waals surface area (Å²) in [7, 11) is 1.55. The first-order valence-corrected chi connectivity index (χ1v) is 13.4. The van der Waals surface area contributed by atoms with Crippen molar-refractivity contribution < 1.29 is 27.1 Å². The van der Waals surface area contributed by atoms with Crippen LogP contribution in [0.5, 0.6) is 5.19 Å². The molecule has 2 aromatic heterocycles. The number of carbonyl (C=O) groups is 1. The van der Waals surface area contributed by atoms with Crippen molar-refractivity contribution in [2.75, 3.05) is 26.2 Å². The predicted octanol–water partition coefficient (Wildman–Crippen LogP) is 4.04. The van der Waals surface area contributed by atoms with Gasteiger partial charge in [-0.1, -0.05) is 17.4 Å². The Morgan fingerprint density at radius 2 is 1.97 bits per heavy atom. The fraction of sp³-hybridized carbons (Fsp3) is 0.640. The number of amides is 1. The van der Waals surface area contributed by atoms with Gasteiger partial charge in [0, 0.05) is 50.1 Å². The molecule has 0 spiro atoms. The first-order chi connectivity index (χ1) is 17.5. The van der Waals surface area contributed by atoms with Gasteiger partial charge in [0.2, 0.25) is 0 Å². The molecule has 0 saturated heterocycles. The standard InChI is InChI=1S/C25H32F4N4O3S/c1-32-19(3-2-4-21(32)34)22(35)30-17-5-9-24(26,10-6-17)11-15-33-13-7-18-20(8-14-33)37-23(31-18)36-16-12-25(27,28)29/h2-4,17H,5-16H2,1H3,(H,30,35). The number of carbonyl (C=O) groups excluding carboxylic acids is 1. The van der Waals surface area contributed by atoms with Crippen molar-refractivity contribution >= 4 is 17.2 Å². The number of hydrogen-bond acceptors (Lipinski definition) is 6. The summed E-state index contributed by atoms with van der Waals surface area (Å²) in [6.07, 6.45) is -1.65. The fourth-order valence-corrected chi connectivity index (χ4v) is 5.83. The molecule has 1 fully saturated rings. The molecule has 1 aliphatic carbocycles. The number of alkyl halides is 4. The minimum Gasteiger partial charge on any atom is -0.470 e. The van der Waals surface area contributed by atoms with Crippen LogP contribution in [0.2, 0.25) is 0 Å². The number of thiazole rings is 1. The van der Waals surface area contributed by atoms with Crippen LogP contribution >= 0.6 is 11.3 Å². The normalized spacial score (nSPS) is 22.8. The molecular formula is C25H32F4N4O3S. The Hall–Kier alpha value is -2.47. The second kappa shape index (κ2) is 11.5. The molecule has 7 nitrogen and oxygen atoms in total. The van der Waals surface area contributed by atoms with E-state index in [2.05, 4.69) is 15.2 Å². The summed E-state index contributed by atoms with van der Waals surface area (Å²) >= 11 is 1.30. The van der Waals surface area contributed by atoms with Crippen LogP contribution in [0.1, 0.15) is 59.6 Å². The molecule has 0 radical (unpaired) electrons. The Morgan fingerprint density at radius 1 is 1.24 bits per heavy atom. The van der Waals surface area contributed by atoms with Crippen LogP contribution in [0.15, 0.2) is 23.0 Å². The molecule has 2 aliphatic rings. The summed E-state index contributed by atoms with van der Waals surface area (Å²) in [6.45, 7) is 1.63. The van der Waals surface area contributed by atoms with Crippen LogP contribution in [0, 0.1) is 0 Å². The number of halogens is 4. The maximum absolute atomic E-state index is 15.5. The summed E-state index contributed by atoms with van der Waals surface area (Å²) in [4.78, 5) is 31.9. The lowest BCUT2D eigenvalue weighted by atomic mass is 9.81. The molecule has 1 saturated carbocycles. The lowest BCUT2D eigenvalue weighted by Crippen LogP contribution is -2.44. The first kappa shape index (κ1) is 27.6. The highest BCUT2D eigenvalue weighted by Gasteiger charge is 2.36. The predicted molar refractivity (Wildman–Crippen MR) is 132 cm³/mol. The molecule has 1 aliphatic heterocycles. The lowest BCUT2D eigenvalue weighted by molar-refractivity contribution is -0.139. The topological polar surface area (TPSA) is 76.5 Å². The average molecular weight is 545 g/mol. The molecule has 4 rings (SSSR count). The number of nitrogens with one attached hydrogen (secondary N) is 1. The van der Waals surface area contributed by atoms with Gasteiger partial charge < -0.3 is 19.5 Å². The molecular weight excluding hydrogens is 512 g/mol. The number of hydrogen-bond donors (Lipinski definition) is 1. The van der Waals surface area contributed by atoms with E-state index in [4.69, 9.17) is 4.74 Å². The molecule has 1 amide bonds. The fourth-order valence-electron chi connectivity index (χ4n) is 4.86. The Kier molecular flexibility index (Phi) is 8.57. The van der Waals surface area contributed by atoms with Crippen molar-refractivity contribution in [1.29, 1.82) is 0 Å². The van der Waals surface area contributed by atoms with Gasteiger partial charge in [-0.25, -0.2) is 9.37 Å². The van der Waals surface area contributed by atoms with Gasteiger partial charge in [-0.3, -0.25) is 9.59 Å². The highest BCUT2D eigenvalue weighted by atomic mass is 32.1. The van der Waals surface area contributed by atoms with Gasteiger partial charge in [0.25, 0.3) is 16.7 Å². The van der Waals surface area contributed by atoms with Crippen LogP contribution in [0.25, 0.3) is 0 Å². The van der Waals surface area contributed by atoms with Gasteiger partial charge in [0.15, 0.2) is 0 Å². The first-order valence-electron chi connectivity index (χ1n) is 12.6. The highest BCUT2D eigenvalue weighted by Crippen LogP contribution is 2.36. The van der Waals surface area contributed by atoms with E-state index < -0.39 is 24.9 Å². The number of pyridine rings is 1. The summed E-state index contributed by atoms with van der Waals surface area (Å²) in [5, 5.41) is 3.22. The summed E-state index contributed by atoms with van der Waals surface area (Å²) in [6, 6.07) is 4.41. The van der Waals surface area contributed by atoms with E-state index in [1.165, 1.54) is 22.0 Å². The Bertz CT molecular complexity index is 1120. The van der Waals surface area contributed by atoms with Crippen molar-refractivity contribution in [3.05, 3.63) is 44.8 Å². The van der Waals surface area contributed by atoms with Crippen molar-refractivity contribution in [3.8, 4) is 5.19 Å². The second-order valence-corrected chi connectivity index (χ2v) is 10.9. The lowest BCUT2D eigenvalue weighted by Gasteiger charge is -2.35. The van der Waals surface area contributed by atoms with E-state index in [0.29, 0.717) is 58.0 Å². The van der Waals surface area contributed by atoms with Crippen LogP contribution in [0.4, 0.5) is 17.6 Å². The molecule has 0 bridgehead atoms. The molecule has 3 heterocycles. The number of aromatic nitrogens is 2. The SMILES string of the molecule is Cn1c(C(=O)NC2CCC(F)(CCN3CCc4nc(OCCC(F)(F)F)sc4CC3)CC2)cccc1=O. The smallest absolute Gasteiger partial charge is 0.392 e. The third kappa shape index (κ3) is 7.53. The molecule has 0 aromatic carbocycles. The quantitative estimate of drug-likeness (QED) is 0.508. The zero-order valence-electron chi connectivity index (χ0n) is 20.8. The summed E-state index contributed by atoms with van der Waals surface area (Å²) < 4.78 is 59.0. The van der Waals surface area contributed by atoms with E-state index >= 15 is 4.39 Å². The van der Waals surface area contributed by atoms with Gasteiger partial charge >= 0.3 is 6.18 Å². The van der Waals surface area contributed by atoms with E-state index in [9.17, 15) is 22.8 Å². The van der Waals surface area contributed by atoms with Crippen molar-refractivity contribution in [3.63, 3.8) is 0 Å². The highest BCUT2D eigenvalue weighted by molar-refractivity contribution is 7.13. The Morgan fingerprint density at radius 3 is 2.70 bits per heavy atom. The van der Waals surface area contributed by atoms with Gasteiger partial charge in [0.1, 0.15) is 11.4 Å². The van der Waals surface area contributed by atoms with E-state index in [1.54, 1.807) is 19.2 Å². The number of rotatable bonds is 8. The molecule has 0 unspecified atom stereocenters. The number of fused-ring (bicyclic) bond motifs is 1. The summed E-state index contributed by atoms with van der Waals surface area (Å²) in [5.41, 5.74) is -0.395. The van der Waals surface area contributed by atoms with Crippen molar-refractivity contribution in [2.24, 2.45) is 7.05 Å². The average Bonchev–Trinajstić information content (AvgIpc) is 3.12. The summed E-state index contributed by atoms with van der Waals surface area (Å²) in [5.74, 6) is -0.323. The van der Waals surface area contributed by atoms with Crippen LogP contribution < -0.4 is 15.6 Å². The largest absolute Gasteiger partial charge is 0.470 e. The van der Waals surface area contributed by atoms with Gasteiger partial charge in [0.05, 0.1) is 18.7 Å². The van der Waals surface area contributed by atoms with Crippen molar-refractivity contribution in [2.45, 2.75) is 69.3 Å². The van der Waals surface area contributed by atoms with Crippen LogP contribution in [-0.2, 0) is 19.9 Å². The van der Waals surface area contributed by atoms with Gasteiger partial charge in [-0.05, 0) is 44.6 Å². The van der Waals surface area contributed by atoms with E-state index in [0.717, 1.165) is 17.1 Å². The van der Waals surface area contributed by atoms with Gasteiger partial charge in [-0.15, -0.1) is 0 Å². The second-order valence-electron chi connectivity index (χ2n) is 9.86. The molecule has 2 aromatic rings. The molecule has 1 N–H and O–H groups in total. The Labute approximate surface area is 216 Å². The van der Waals surface area contributed by atoms with Crippen LogP contribution in [0.3, 0.4) is 0 Å². The maximum Gasteiger partial charge on any atom is 0.392 e. The number of ether oxygens (including phenoxy) is 1. The third-order valence-electron chi connectivity index (χ3n) is 7.20. The molecule has 0 atom stereocenters. The third-order valence-corrected chi connectivity index (χ3v) is 8.27. The molecule has 204 valence electrons. The monoisotopic (exact) mass is 544 g/mol. The molecule has 12 heteroatoms. The van der Waals surface area contributed by atoms with Crippen molar-refractivity contribution in [1.82, 2.24) is 19.8 Å². The minimum absolute atomic E-state index is 0.125. The van der Waals surface area contributed by atoms with Crippen LogP contribution in [-0.4, -0.2) is 64.5 Å². The molecule has 37 heavy (non-hydrogen) atoms. The van der Waals surface area contributed by atoms with E-state index in [1.807, 2.05) is 0 Å². The van der Waals surface area contributed by atoms with Gasteiger partial charge in [-0.2, -0.15) is 13.2 Å². The maximum atomic E-state index is 15.5.